The molecule has 0 aromatic heterocycles. The van der Waals surface area contributed by atoms with Gasteiger partial charge in [0.15, 0.2) is 0 Å². The van der Waals surface area contributed by atoms with Crippen LogP contribution in [0.1, 0.15) is 43.0 Å². The van der Waals surface area contributed by atoms with Crippen LogP contribution in [0.4, 0.5) is 0 Å². The van der Waals surface area contributed by atoms with Gasteiger partial charge < -0.3 is 15.2 Å². The van der Waals surface area contributed by atoms with E-state index in [0.29, 0.717) is 12.2 Å². The SMILES string of the molecule is CCCCCOc1ccc(C(=O)NCCC(=O)O)cc1. The standard InChI is InChI=1S/C15H21NO4/c1-2-3-4-11-20-13-7-5-12(6-8-13)15(19)16-10-9-14(17)18/h5-8H,2-4,9-11H2,1H3,(H,16,19)(H,17,18). The van der Waals surface area contributed by atoms with Gasteiger partial charge in [-0.1, -0.05) is 19.8 Å². The number of carboxylic acid groups (broad SMARTS) is 1. The molecule has 5 heteroatoms. The van der Waals surface area contributed by atoms with Crippen LogP contribution in [0.2, 0.25) is 0 Å². The van der Waals surface area contributed by atoms with E-state index in [2.05, 4.69) is 12.2 Å². The van der Waals surface area contributed by atoms with E-state index in [1.54, 1.807) is 24.3 Å². The highest BCUT2D eigenvalue weighted by molar-refractivity contribution is 5.94. The fraction of sp³-hybridized carbons (Fsp3) is 0.467. The first-order valence-corrected chi connectivity index (χ1v) is 6.86. The molecule has 0 aliphatic rings. The Kier molecular flexibility index (Phi) is 7.17. The third-order valence-electron chi connectivity index (χ3n) is 2.76. The van der Waals surface area contributed by atoms with Crippen molar-refractivity contribution in [3.63, 3.8) is 0 Å². The third kappa shape index (κ3) is 6.22. The van der Waals surface area contributed by atoms with Crippen LogP contribution in [-0.4, -0.2) is 30.1 Å². The van der Waals surface area contributed by atoms with Crippen LogP contribution in [0.3, 0.4) is 0 Å². The first kappa shape index (κ1) is 16.0. The quantitative estimate of drug-likeness (QED) is 0.681. The summed E-state index contributed by atoms with van der Waals surface area (Å²) >= 11 is 0. The number of hydrogen-bond acceptors (Lipinski definition) is 3. The van der Waals surface area contributed by atoms with E-state index in [9.17, 15) is 9.59 Å². The summed E-state index contributed by atoms with van der Waals surface area (Å²) in [6, 6.07) is 6.84. The number of ether oxygens (including phenoxy) is 1. The Morgan fingerprint density at radius 3 is 2.50 bits per heavy atom. The molecule has 0 atom stereocenters. The highest BCUT2D eigenvalue weighted by Crippen LogP contribution is 2.12. The van der Waals surface area contributed by atoms with Crippen molar-refractivity contribution in [2.45, 2.75) is 32.6 Å². The number of carboxylic acids is 1. The van der Waals surface area contributed by atoms with E-state index in [1.165, 1.54) is 0 Å². The maximum absolute atomic E-state index is 11.7. The maximum Gasteiger partial charge on any atom is 0.305 e. The summed E-state index contributed by atoms with van der Waals surface area (Å²) in [5, 5.41) is 11.0. The maximum atomic E-state index is 11.7. The average Bonchev–Trinajstić information content (AvgIpc) is 2.44. The van der Waals surface area contributed by atoms with Crippen LogP contribution in [0.15, 0.2) is 24.3 Å². The van der Waals surface area contributed by atoms with Crippen molar-refractivity contribution in [2.24, 2.45) is 0 Å². The normalized spacial score (nSPS) is 10.1. The van der Waals surface area contributed by atoms with Gasteiger partial charge in [0.2, 0.25) is 0 Å². The molecule has 1 rings (SSSR count). The third-order valence-corrected chi connectivity index (χ3v) is 2.76. The monoisotopic (exact) mass is 279 g/mol. The van der Waals surface area contributed by atoms with Crippen molar-refractivity contribution in [3.8, 4) is 5.75 Å². The van der Waals surface area contributed by atoms with E-state index >= 15 is 0 Å². The zero-order valence-electron chi connectivity index (χ0n) is 11.7. The van der Waals surface area contributed by atoms with Gasteiger partial charge in [0, 0.05) is 12.1 Å². The second kappa shape index (κ2) is 8.96. The van der Waals surface area contributed by atoms with Crippen LogP contribution in [0, 0.1) is 0 Å². The predicted molar refractivity (Wildman–Crippen MR) is 76.0 cm³/mol. The summed E-state index contributed by atoms with van der Waals surface area (Å²) < 4.78 is 5.55. The Hall–Kier alpha value is -2.04. The van der Waals surface area contributed by atoms with Crippen LogP contribution in [0.5, 0.6) is 5.75 Å². The molecule has 0 aliphatic carbocycles. The molecule has 2 N–H and O–H groups in total. The molecular formula is C15H21NO4. The molecule has 0 saturated carbocycles. The Morgan fingerprint density at radius 2 is 1.90 bits per heavy atom. The highest BCUT2D eigenvalue weighted by atomic mass is 16.5. The second-order valence-corrected chi connectivity index (χ2v) is 4.48. The van der Waals surface area contributed by atoms with E-state index < -0.39 is 5.97 Å². The molecule has 20 heavy (non-hydrogen) atoms. The van der Waals surface area contributed by atoms with Crippen LogP contribution in [-0.2, 0) is 4.79 Å². The molecular weight excluding hydrogens is 258 g/mol. The number of benzene rings is 1. The van der Waals surface area contributed by atoms with Crippen molar-refractivity contribution in [2.75, 3.05) is 13.2 Å². The fourth-order valence-corrected chi connectivity index (χ4v) is 1.63. The topological polar surface area (TPSA) is 75.6 Å². The summed E-state index contributed by atoms with van der Waals surface area (Å²) in [5.74, 6) is -0.465. The molecule has 0 spiro atoms. The molecule has 1 aromatic rings. The molecule has 0 unspecified atom stereocenters. The van der Waals surface area contributed by atoms with E-state index in [1.807, 2.05) is 0 Å². The lowest BCUT2D eigenvalue weighted by atomic mass is 10.2. The van der Waals surface area contributed by atoms with Gasteiger partial charge in [-0.3, -0.25) is 9.59 Å². The number of rotatable bonds is 9. The Balaban J connectivity index is 2.37. The molecule has 0 bridgehead atoms. The summed E-state index contributed by atoms with van der Waals surface area (Å²) in [4.78, 5) is 22.0. The zero-order valence-corrected chi connectivity index (χ0v) is 11.7. The highest BCUT2D eigenvalue weighted by Gasteiger charge is 2.06. The molecule has 1 aromatic carbocycles. The zero-order chi connectivity index (χ0) is 14.8. The van der Waals surface area contributed by atoms with Gasteiger partial charge in [-0.2, -0.15) is 0 Å². The Morgan fingerprint density at radius 1 is 1.20 bits per heavy atom. The van der Waals surface area contributed by atoms with Crippen LogP contribution >= 0.6 is 0 Å². The molecule has 1 amide bonds. The lowest BCUT2D eigenvalue weighted by molar-refractivity contribution is -0.136. The van der Waals surface area contributed by atoms with Gasteiger partial charge in [0.25, 0.3) is 5.91 Å². The van der Waals surface area contributed by atoms with E-state index in [0.717, 1.165) is 25.0 Å². The van der Waals surface area contributed by atoms with Gasteiger partial charge in [0.1, 0.15) is 5.75 Å². The first-order chi connectivity index (χ1) is 9.63. The van der Waals surface area contributed by atoms with E-state index in [-0.39, 0.29) is 18.9 Å². The minimum atomic E-state index is -0.930. The predicted octanol–water partition coefficient (Wildman–Crippen LogP) is 2.46. The minimum Gasteiger partial charge on any atom is -0.494 e. The fourth-order valence-electron chi connectivity index (χ4n) is 1.63. The number of carbonyl (C=O) groups excluding carboxylic acids is 1. The largest absolute Gasteiger partial charge is 0.494 e. The summed E-state index contributed by atoms with van der Waals surface area (Å²) in [6.45, 7) is 2.94. The Bertz CT molecular complexity index is 428. The van der Waals surface area contributed by atoms with Gasteiger partial charge >= 0.3 is 5.97 Å². The number of unbranched alkanes of at least 4 members (excludes halogenated alkanes) is 2. The number of amides is 1. The molecule has 110 valence electrons. The van der Waals surface area contributed by atoms with Crippen molar-refractivity contribution in [1.82, 2.24) is 5.32 Å². The number of nitrogens with one attached hydrogen (secondary N) is 1. The second-order valence-electron chi connectivity index (χ2n) is 4.48. The van der Waals surface area contributed by atoms with Crippen LogP contribution in [0.25, 0.3) is 0 Å². The molecule has 0 saturated heterocycles. The van der Waals surface area contributed by atoms with Gasteiger partial charge in [-0.25, -0.2) is 0 Å². The smallest absolute Gasteiger partial charge is 0.305 e. The Labute approximate surface area is 118 Å². The van der Waals surface area contributed by atoms with Crippen LogP contribution < -0.4 is 10.1 Å². The van der Waals surface area contributed by atoms with Gasteiger partial charge in [-0.15, -0.1) is 0 Å². The van der Waals surface area contributed by atoms with Gasteiger partial charge in [0.05, 0.1) is 13.0 Å². The van der Waals surface area contributed by atoms with E-state index in [4.69, 9.17) is 9.84 Å². The van der Waals surface area contributed by atoms with Gasteiger partial charge in [-0.05, 0) is 30.7 Å². The molecule has 0 aliphatic heterocycles. The lowest BCUT2D eigenvalue weighted by Gasteiger charge is -2.07. The van der Waals surface area contributed by atoms with Crippen molar-refractivity contribution in [3.05, 3.63) is 29.8 Å². The summed E-state index contributed by atoms with van der Waals surface area (Å²) in [7, 11) is 0. The number of aliphatic carboxylic acids is 1. The van der Waals surface area contributed by atoms with Crippen molar-refractivity contribution in [1.29, 1.82) is 0 Å². The first-order valence-electron chi connectivity index (χ1n) is 6.86. The minimum absolute atomic E-state index is 0.0790. The lowest BCUT2D eigenvalue weighted by Crippen LogP contribution is -2.25. The number of carbonyl (C=O) groups is 2. The van der Waals surface area contributed by atoms with Crippen molar-refractivity contribution < 1.29 is 19.4 Å². The summed E-state index contributed by atoms with van der Waals surface area (Å²) in [5.41, 5.74) is 0.497. The van der Waals surface area contributed by atoms with Crippen molar-refractivity contribution >= 4 is 11.9 Å². The molecule has 0 heterocycles. The number of hydrogen-bond donors (Lipinski definition) is 2. The average molecular weight is 279 g/mol. The summed E-state index contributed by atoms with van der Waals surface area (Å²) in [6.07, 6.45) is 3.24. The molecule has 5 nitrogen and oxygen atoms in total. The molecule has 0 radical (unpaired) electrons. The molecule has 0 fully saturated rings.